The Balaban J connectivity index is 0.00000456. The van der Waals surface area contributed by atoms with Gasteiger partial charge in [-0.25, -0.2) is 42.5 Å². The SMILES string of the molecule is CCCCOc1ccc(F)c(C2=C(/C=C/C3=[N+](CCCCS(=O)(=O)[O-])c4ccc(S(=O)(=O)[O-])cc4C3(C)C)CCC/C2=C\C=C2\N(CCCCS(=O)(=O)[O-])c3ccc(S(=O)(=O)[O-])cc3C2(C)C)c1F.[Na+].[Na+].[Na+]. The van der Waals surface area contributed by atoms with Crippen LogP contribution in [0.2, 0.25) is 0 Å². The average Bonchev–Trinajstić information content (AvgIpc) is 3.59. The van der Waals surface area contributed by atoms with Crippen molar-refractivity contribution in [2.75, 3.05) is 36.1 Å². The van der Waals surface area contributed by atoms with Crippen LogP contribution >= 0.6 is 0 Å². The smallest absolute Gasteiger partial charge is 0.748 e. The summed E-state index contributed by atoms with van der Waals surface area (Å²) in [7, 11) is -18.8. The van der Waals surface area contributed by atoms with Crippen LogP contribution < -0.4 is 98.3 Å². The van der Waals surface area contributed by atoms with Gasteiger partial charge in [0, 0.05) is 59.0 Å². The van der Waals surface area contributed by atoms with Gasteiger partial charge in [-0.1, -0.05) is 39.3 Å². The molecule has 15 nitrogen and oxygen atoms in total. The third kappa shape index (κ3) is 15.3. The molecule has 0 atom stereocenters. The maximum Gasteiger partial charge on any atom is 1.00 e. The van der Waals surface area contributed by atoms with E-state index in [2.05, 4.69) is 0 Å². The fourth-order valence-electron chi connectivity index (χ4n) is 9.34. The molecule has 72 heavy (non-hydrogen) atoms. The Morgan fingerprint density at radius 2 is 1.31 bits per heavy atom. The van der Waals surface area contributed by atoms with Crippen LogP contribution in [-0.2, 0) is 51.3 Å². The molecule has 0 unspecified atom stereocenters. The number of anilines is 1. The van der Waals surface area contributed by atoms with Crippen molar-refractivity contribution in [2.24, 2.45) is 0 Å². The van der Waals surface area contributed by atoms with Crippen molar-refractivity contribution in [3.05, 3.63) is 118 Å². The van der Waals surface area contributed by atoms with Gasteiger partial charge in [0.1, 0.15) is 32.6 Å². The minimum Gasteiger partial charge on any atom is -0.748 e. The molecule has 0 saturated heterocycles. The van der Waals surface area contributed by atoms with Gasteiger partial charge < -0.3 is 27.8 Å². The van der Waals surface area contributed by atoms with E-state index < -0.39 is 84.2 Å². The van der Waals surface area contributed by atoms with E-state index >= 15 is 8.78 Å². The first-order chi connectivity index (χ1) is 32.1. The first kappa shape index (κ1) is 64.7. The third-order valence-corrected chi connectivity index (χ3v) is 16.1. The van der Waals surface area contributed by atoms with E-state index in [-0.39, 0.29) is 151 Å². The molecule has 2 aliphatic heterocycles. The van der Waals surface area contributed by atoms with Crippen LogP contribution in [0.4, 0.5) is 20.2 Å². The zero-order chi connectivity index (χ0) is 50.9. The fraction of sp³-hybridized carbons (Fsp3) is 0.438. The molecule has 3 aromatic rings. The van der Waals surface area contributed by atoms with Gasteiger partial charge in [-0.15, -0.1) is 0 Å². The molecule has 3 aromatic carbocycles. The Labute approximate surface area is 489 Å². The summed E-state index contributed by atoms with van der Waals surface area (Å²) in [6.07, 6.45) is 9.97. The van der Waals surface area contributed by atoms with E-state index in [0.717, 1.165) is 12.5 Å². The second kappa shape index (κ2) is 25.7. The summed E-state index contributed by atoms with van der Waals surface area (Å²) in [5.41, 5.74) is 2.10. The van der Waals surface area contributed by atoms with Crippen molar-refractivity contribution >= 4 is 63.1 Å². The van der Waals surface area contributed by atoms with Crippen molar-refractivity contribution < 1.29 is 159 Å². The monoisotopic (exact) mass is 1100 g/mol. The number of hydrogen-bond acceptors (Lipinski definition) is 14. The van der Waals surface area contributed by atoms with Gasteiger partial charge in [-0.3, -0.25) is 0 Å². The Kier molecular flexibility index (Phi) is 23.1. The van der Waals surface area contributed by atoms with Crippen LogP contribution in [0.5, 0.6) is 5.75 Å². The normalized spacial score (nSPS) is 17.7. The van der Waals surface area contributed by atoms with Crippen LogP contribution in [0.15, 0.2) is 99.5 Å². The summed E-state index contributed by atoms with van der Waals surface area (Å²) < 4.78 is 183. The predicted molar refractivity (Wildman–Crippen MR) is 252 cm³/mol. The fourth-order valence-corrected chi connectivity index (χ4v) is 11.4. The third-order valence-electron chi connectivity index (χ3n) is 12.8. The summed E-state index contributed by atoms with van der Waals surface area (Å²) in [4.78, 5) is 0.926. The standard InChI is InChI=1S/C48H58F2N2O13S4.3Na/c1-6-7-27-65-41-22-19-38(49)45(46(41)50)44-32(15-23-42-47(2,3)36-30-34(68(59,60)61)17-20-39(36)51(42)25-8-10-28-66(53,54)55)13-12-14-33(44)16-24-43-48(4,5)37-31-35(69(62,63)64)18-21-40(37)52(43)26-9-11-29-67(56,57)58;;;/h15-24,30-31H,6-14,25-29H2,1-5H3,(H3-,53,54,55,56,57,58,59,60,61,62,63,64);;;/q;3*+1/p-3. The number of rotatable bonds is 20. The molecule has 24 heteroatoms. The molecule has 0 aromatic heterocycles. The van der Waals surface area contributed by atoms with Crippen molar-refractivity contribution in [2.45, 2.75) is 113 Å². The number of benzene rings is 3. The predicted octanol–water partition coefficient (Wildman–Crippen LogP) is -1.21. The molecule has 376 valence electrons. The molecule has 2 heterocycles. The average molecular weight is 1100 g/mol. The molecular formula is C48H55F2N2Na3O13S4. The quantitative estimate of drug-likeness (QED) is 0.0559. The first-order valence-electron chi connectivity index (χ1n) is 22.5. The molecule has 0 radical (unpaired) electrons. The Bertz CT molecular complexity index is 3160. The minimum absolute atomic E-state index is 0. The van der Waals surface area contributed by atoms with Gasteiger partial charge in [0.2, 0.25) is 5.69 Å². The number of allylic oxidation sites excluding steroid dienone is 8. The summed E-state index contributed by atoms with van der Waals surface area (Å²) in [6.45, 7) is 9.70. The first-order valence-corrected chi connectivity index (χ1v) is 28.5. The van der Waals surface area contributed by atoms with E-state index in [1.54, 1.807) is 52.0 Å². The largest absolute Gasteiger partial charge is 1.00 e. The van der Waals surface area contributed by atoms with Gasteiger partial charge in [0.05, 0.1) is 47.6 Å². The molecular weight excluding hydrogens is 1050 g/mol. The number of fused-ring (bicyclic) bond motifs is 2. The summed E-state index contributed by atoms with van der Waals surface area (Å²) in [6, 6.07) is 10.3. The Hall–Kier alpha value is -1.61. The van der Waals surface area contributed by atoms with Gasteiger partial charge in [0.15, 0.2) is 17.3 Å². The van der Waals surface area contributed by atoms with E-state index in [1.165, 1.54) is 42.5 Å². The number of halogens is 2. The second-order valence-corrected chi connectivity index (χ2v) is 24.2. The molecule has 0 amide bonds. The van der Waals surface area contributed by atoms with Gasteiger partial charge >= 0.3 is 88.7 Å². The minimum atomic E-state index is -4.87. The van der Waals surface area contributed by atoms with E-state index in [0.29, 0.717) is 70.7 Å². The van der Waals surface area contributed by atoms with Crippen LogP contribution in [-0.4, -0.2) is 93.4 Å². The molecule has 3 aliphatic rings. The summed E-state index contributed by atoms with van der Waals surface area (Å²) >= 11 is 0. The molecule has 0 spiro atoms. The van der Waals surface area contributed by atoms with Crippen molar-refractivity contribution in [3.8, 4) is 5.75 Å². The van der Waals surface area contributed by atoms with Crippen LogP contribution in [0.3, 0.4) is 0 Å². The van der Waals surface area contributed by atoms with E-state index in [4.69, 9.17) is 4.74 Å². The molecule has 6 rings (SSSR count). The van der Waals surface area contributed by atoms with Gasteiger partial charge in [-0.2, -0.15) is 4.58 Å². The second-order valence-electron chi connectivity index (χ2n) is 18.4. The number of unbranched alkanes of at least 4 members (excludes halogenated alkanes) is 3. The summed E-state index contributed by atoms with van der Waals surface area (Å²) in [5, 5.41) is 0. The number of hydrogen-bond donors (Lipinski definition) is 0. The summed E-state index contributed by atoms with van der Waals surface area (Å²) in [5.74, 6) is -3.20. The number of nitrogens with zero attached hydrogens (tertiary/aromatic N) is 2. The Morgan fingerprint density at radius 3 is 1.90 bits per heavy atom. The van der Waals surface area contributed by atoms with Crippen LogP contribution in [0.1, 0.15) is 109 Å². The van der Waals surface area contributed by atoms with Crippen LogP contribution in [0.25, 0.3) is 5.57 Å². The van der Waals surface area contributed by atoms with Crippen molar-refractivity contribution in [1.29, 1.82) is 0 Å². The maximum absolute atomic E-state index is 16.9. The van der Waals surface area contributed by atoms with Crippen molar-refractivity contribution in [3.63, 3.8) is 0 Å². The molecule has 0 saturated carbocycles. The zero-order valence-electron chi connectivity index (χ0n) is 41.9. The van der Waals surface area contributed by atoms with Crippen LogP contribution in [0, 0.1) is 11.6 Å². The molecule has 1 aliphatic carbocycles. The van der Waals surface area contributed by atoms with Crippen molar-refractivity contribution in [1.82, 2.24) is 0 Å². The van der Waals surface area contributed by atoms with Gasteiger partial charge in [0.25, 0.3) is 0 Å². The Morgan fingerprint density at radius 1 is 0.708 bits per heavy atom. The van der Waals surface area contributed by atoms with Gasteiger partial charge in [-0.05, 0) is 130 Å². The topological polar surface area (TPSA) is 244 Å². The molecule has 0 N–H and O–H groups in total. The van der Waals surface area contributed by atoms with E-state index in [9.17, 15) is 51.9 Å². The van der Waals surface area contributed by atoms with E-state index in [1.807, 2.05) is 16.4 Å². The zero-order valence-corrected chi connectivity index (χ0v) is 51.2. The number of ether oxygens (including phenoxy) is 1. The maximum atomic E-state index is 16.9. The molecule has 0 bridgehead atoms. The molecule has 0 fully saturated rings.